The van der Waals surface area contributed by atoms with E-state index in [0.29, 0.717) is 30.3 Å². The molecule has 1 heterocycles. The van der Waals surface area contributed by atoms with Gasteiger partial charge in [0.15, 0.2) is 0 Å². The van der Waals surface area contributed by atoms with Crippen LogP contribution in [0.5, 0.6) is 0 Å². The molecule has 0 saturated carbocycles. The van der Waals surface area contributed by atoms with Crippen molar-refractivity contribution in [3.63, 3.8) is 0 Å². The Kier molecular flexibility index (Phi) is 14.0. The van der Waals surface area contributed by atoms with Gasteiger partial charge in [0.2, 0.25) is 0 Å². The maximum absolute atomic E-state index is 9.55. The minimum atomic E-state index is -1.26. The van der Waals surface area contributed by atoms with Gasteiger partial charge in [0.05, 0.1) is 0 Å². The van der Waals surface area contributed by atoms with Crippen LogP contribution in [0.25, 0.3) is 0 Å². The molecule has 23 heavy (non-hydrogen) atoms. The van der Waals surface area contributed by atoms with Gasteiger partial charge in [-0.1, -0.05) is 0 Å². The second-order valence-corrected chi connectivity index (χ2v) is 4.11. The number of rotatable bonds is 4. The number of carbonyl (C=O) groups is 4. The van der Waals surface area contributed by atoms with Crippen molar-refractivity contribution >= 4 is 23.9 Å². The molecule has 7 N–H and O–H groups in total. The van der Waals surface area contributed by atoms with E-state index in [1.54, 1.807) is 0 Å². The van der Waals surface area contributed by atoms with E-state index in [4.69, 9.17) is 26.2 Å². The first-order valence-corrected chi connectivity index (χ1v) is 6.39. The summed E-state index contributed by atoms with van der Waals surface area (Å²) in [5, 5.41) is 34.5. The molecule has 1 rings (SSSR count). The van der Waals surface area contributed by atoms with Gasteiger partial charge in [-0.15, -0.1) is 0 Å². The van der Waals surface area contributed by atoms with Gasteiger partial charge in [-0.3, -0.25) is 0 Å². The van der Waals surface area contributed by atoms with Gasteiger partial charge >= 0.3 is 23.9 Å². The summed E-state index contributed by atoms with van der Waals surface area (Å²) in [6.45, 7) is 2.22. The van der Waals surface area contributed by atoms with E-state index >= 15 is 0 Å². The lowest BCUT2D eigenvalue weighted by Gasteiger charge is -2.17. The van der Waals surface area contributed by atoms with E-state index in [1.807, 2.05) is 0 Å². The van der Waals surface area contributed by atoms with Crippen LogP contribution in [0.3, 0.4) is 0 Å². The lowest BCUT2D eigenvalue weighted by atomic mass is 10.1. The summed E-state index contributed by atoms with van der Waals surface area (Å²) in [6.07, 6.45) is 4.54. The molecular formula is C13H20N2O8. The topological polar surface area (TPSA) is 187 Å². The van der Waals surface area contributed by atoms with Crippen molar-refractivity contribution in [1.29, 1.82) is 0 Å². The number of piperidine rings is 1. The molecular weight excluding hydrogens is 312 g/mol. The van der Waals surface area contributed by atoms with Crippen LogP contribution in [0.15, 0.2) is 24.3 Å². The Labute approximate surface area is 131 Å². The van der Waals surface area contributed by atoms with Crippen molar-refractivity contribution in [2.45, 2.75) is 18.9 Å². The molecule has 0 bridgehead atoms. The Balaban J connectivity index is 0. The zero-order valence-electron chi connectivity index (χ0n) is 12.2. The maximum Gasteiger partial charge on any atom is 0.328 e. The van der Waals surface area contributed by atoms with Crippen LogP contribution in [0.4, 0.5) is 0 Å². The fraction of sp³-hybridized carbons (Fsp3) is 0.385. The van der Waals surface area contributed by atoms with Crippen LogP contribution in [0.2, 0.25) is 0 Å². The molecule has 0 unspecified atom stereocenters. The summed E-state index contributed by atoms with van der Waals surface area (Å²) in [5.74, 6) is -5.03. The second-order valence-electron chi connectivity index (χ2n) is 4.11. The van der Waals surface area contributed by atoms with Crippen LogP contribution in [0, 0.1) is 0 Å². The zero-order chi connectivity index (χ0) is 18.3. The molecule has 1 fully saturated rings. The third-order valence-electron chi connectivity index (χ3n) is 2.12. The van der Waals surface area contributed by atoms with Gasteiger partial charge in [-0.05, 0) is 25.9 Å². The zero-order valence-corrected chi connectivity index (χ0v) is 12.2. The third kappa shape index (κ3) is 24.7. The van der Waals surface area contributed by atoms with E-state index in [2.05, 4.69) is 5.32 Å². The highest BCUT2D eigenvalue weighted by Gasteiger charge is 2.05. The summed E-state index contributed by atoms with van der Waals surface area (Å²) in [5.41, 5.74) is 5.59. The van der Waals surface area contributed by atoms with Crippen molar-refractivity contribution in [1.82, 2.24) is 5.32 Å². The number of nitrogens with one attached hydrogen (secondary N) is 1. The lowest BCUT2D eigenvalue weighted by Crippen LogP contribution is -2.35. The Morgan fingerprint density at radius 3 is 1.13 bits per heavy atom. The minimum absolute atomic E-state index is 0.473. The van der Waals surface area contributed by atoms with E-state index in [9.17, 15) is 19.2 Å². The number of carboxylic acid groups (broad SMARTS) is 4. The fourth-order valence-electron chi connectivity index (χ4n) is 1.13. The van der Waals surface area contributed by atoms with Crippen LogP contribution in [-0.4, -0.2) is 63.4 Å². The summed E-state index contributed by atoms with van der Waals surface area (Å²) >= 11 is 0. The Morgan fingerprint density at radius 1 is 0.739 bits per heavy atom. The predicted octanol–water partition coefficient (Wildman–Crippen LogP) is -0.879. The first kappa shape index (κ1) is 22.6. The molecule has 0 spiro atoms. The molecule has 1 aliphatic heterocycles. The van der Waals surface area contributed by atoms with E-state index in [1.165, 1.54) is 0 Å². The molecule has 0 radical (unpaired) electrons. The van der Waals surface area contributed by atoms with Gasteiger partial charge in [-0.25, -0.2) is 19.2 Å². The molecule has 0 aliphatic carbocycles. The SMILES string of the molecule is NC1CCNCC1.O=C(O)/C=C/C(=O)O.O=C(O)/C=C/C(=O)O. The molecule has 0 aromatic rings. The van der Waals surface area contributed by atoms with Gasteiger partial charge < -0.3 is 31.5 Å². The molecule has 1 aliphatic rings. The first-order valence-electron chi connectivity index (χ1n) is 6.39. The average Bonchev–Trinajstić information content (AvgIpc) is 2.45. The second kappa shape index (κ2) is 14.2. The van der Waals surface area contributed by atoms with Crippen LogP contribution in [-0.2, 0) is 19.2 Å². The molecule has 0 aromatic heterocycles. The average molecular weight is 332 g/mol. The maximum atomic E-state index is 9.55. The smallest absolute Gasteiger partial charge is 0.328 e. The molecule has 10 heteroatoms. The van der Waals surface area contributed by atoms with Gasteiger partial charge in [-0.2, -0.15) is 0 Å². The fourth-order valence-corrected chi connectivity index (χ4v) is 1.13. The van der Waals surface area contributed by atoms with Gasteiger partial charge in [0.1, 0.15) is 0 Å². The van der Waals surface area contributed by atoms with Crippen LogP contribution >= 0.6 is 0 Å². The Hall–Kier alpha value is -2.72. The van der Waals surface area contributed by atoms with E-state index in [0.717, 1.165) is 25.9 Å². The van der Waals surface area contributed by atoms with Gasteiger partial charge in [0.25, 0.3) is 0 Å². The third-order valence-corrected chi connectivity index (χ3v) is 2.12. The summed E-state index contributed by atoms with van der Waals surface area (Å²) in [7, 11) is 0. The predicted molar refractivity (Wildman–Crippen MR) is 78.9 cm³/mol. The molecule has 10 nitrogen and oxygen atoms in total. The van der Waals surface area contributed by atoms with E-state index < -0.39 is 23.9 Å². The quantitative estimate of drug-likeness (QED) is 0.353. The summed E-state index contributed by atoms with van der Waals surface area (Å²) in [4.78, 5) is 38.2. The molecule has 0 amide bonds. The number of hydrogen-bond donors (Lipinski definition) is 6. The summed E-state index contributed by atoms with van der Waals surface area (Å²) in [6, 6.07) is 0.473. The summed E-state index contributed by atoms with van der Waals surface area (Å²) < 4.78 is 0. The van der Waals surface area contributed by atoms with Crippen LogP contribution in [0.1, 0.15) is 12.8 Å². The number of aliphatic carboxylic acids is 4. The standard InChI is InChI=1S/C5H12N2.2C4H4O4/c6-5-1-3-7-4-2-5;2*5-3(6)1-2-4(7)8/h5,7H,1-4,6H2;2*1-2H,(H,5,6)(H,7,8)/b;2*2-1+. The molecule has 0 atom stereocenters. The lowest BCUT2D eigenvalue weighted by molar-refractivity contribution is -0.134. The normalized spacial score (nSPS) is 14.3. The minimum Gasteiger partial charge on any atom is -0.478 e. The monoisotopic (exact) mass is 332 g/mol. The highest BCUT2D eigenvalue weighted by molar-refractivity contribution is 5.90. The highest BCUT2D eigenvalue weighted by Crippen LogP contribution is 1.96. The largest absolute Gasteiger partial charge is 0.478 e. The Morgan fingerprint density at radius 2 is 1.00 bits per heavy atom. The van der Waals surface area contributed by atoms with Crippen molar-refractivity contribution < 1.29 is 39.6 Å². The number of nitrogens with two attached hydrogens (primary N) is 1. The van der Waals surface area contributed by atoms with Crippen molar-refractivity contribution in [2.24, 2.45) is 5.73 Å². The number of hydrogen-bond acceptors (Lipinski definition) is 6. The first-order chi connectivity index (χ1) is 10.6. The highest BCUT2D eigenvalue weighted by atomic mass is 16.4. The van der Waals surface area contributed by atoms with Crippen LogP contribution < -0.4 is 11.1 Å². The molecule has 130 valence electrons. The van der Waals surface area contributed by atoms with Crippen molar-refractivity contribution in [3.05, 3.63) is 24.3 Å². The van der Waals surface area contributed by atoms with Crippen molar-refractivity contribution in [3.8, 4) is 0 Å². The Bertz CT molecular complexity index is 387. The molecule has 1 saturated heterocycles. The molecule has 0 aromatic carbocycles. The van der Waals surface area contributed by atoms with Gasteiger partial charge in [0, 0.05) is 30.3 Å². The van der Waals surface area contributed by atoms with Crippen molar-refractivity contribution in [2.75, 3.05) is 13.1 Å². The number of carboxylic acids is 4. The van der Waals surface area contributed by atoms with E-state index in [-0.39, 0.29) is 0 Å².